The number of ether oxygens (including phenoxy) is 1. The van der Waals surface area contributed by atoms with Crippen molar-refractivity contribution in [1.82, 2.24) is 4.98 Å². The summed E-state index contributed by atoms with van der Waals surface area (Å²) in [5.41, 5.74) is -0.460. The van der Waals surface area contributed by atoms with E-state index in [2.05, 4.69) is 4.98 Å². The van der Waals surface area contributed by atoms with Crippen LogP contribution in [0, 0.1) is 0 Å². The van der Waals surface area contributed by atoms with Crippen molar-refractivity contribution in [2.24, 2.45) is 0 Å². The summed E-state index contributed by atoms with van der Waals surface area (Å²) in [4.78, 5) is 18.5. The summed E-state index contributed by atoms with van der Waals surface area (Å²) in [6.07, 6.45) is 3.37. The molecule has 104 valence electrons. The van der Waals surface area contributed by atoms with Gasteiger partial charge in [0, 0.05) is 12.7 Å². The van der Waals surface area contributed by atoms with Crippen molar-refractivity contribution >= 4 is 23.4 Å². The van der Waals surface area contributed by atoms with Crippen molar-refractivity contribution in [3.63, 3.8) is 0 Å². The monoisotopic (exact) mass is 282 g/mol. The summed E-state index contributed by atoms with van der Waals surface area (Å²) in [6, 6.07) is 3.38. The van der Waals surface area contributed by atoms with Gasteiger partial charge in [-0.15, -0.1) is 0 Å². The fourth-order valence-corrected chi connectivity index (χ4v) is 2.31. The van der Waals surface area contributed by atoms with Crippen LogP contribution in [-0.4, -0.2) is 29.1 Å². The Bertz CT molecular complexity index is 454. The third kappa shape index (κ3) is 3.60. The standard InChI is InChI=1S/C14H19ClN2O2/c1-14(2,3)19-13(18)11-5-4-8-17(11)12-7-6-10(15)9-16-12/h6-7,9,11H,4-5,8H2,1-3H3/t11-/m0/s1. The molecule has 1 aliphatic rings. The SMILES string of the molecule is CC(C)(C)OC(=O)[C@@H]1CCCN1c1ccc(Cl)cn1. The van der Waals surface area contributed by atoms with Crippen LogP contribution >= 0.6 is 11.6 Å². The Morgan fingerprint density at radius 1 is 1.47 bits per heavy atom. The van der Waals surface area contributed by atoms with Crippen LogP contribution in [0.15, 0.2) is 18.3 Å². The summed E-state index contributed by atoms with van der Waals surface area (Å²) in [5.74, 6) is 0.597. The number of carbonyl (C=O) groups is 1. The molecule has 1 aromatic heterocycles. The van der Waals surface area contributed by atoms with Crippen molar-refractivity contribution in [2.45, 2.75) is 45.3 Å². The van der Waals surface area contributed by atoms with E-state index in [0.717, 1.165) is 25.2 Å². The lowest BCUT2D eigenvalue weighted by Crippen LogP contribution is -2.40. The quantitative estimate of drug-likeness (QED) is 0.782. The Morgan fingerprint density at radius 2 is 2.21 bits per heavy atom. The summed E-state index contributed by atoms with van der Waals surface area (Å²) in [7, 11) is 0. The number of anilines is 1. The van der Waals surface area contributed by atoms with Crippen LogP contribution < -0.4 is 4.90 Å². The number of nitrogens with zero attached hydrogens (tertiary/aromatic N) is 2. The van der Waals surface area contributed by atoms with E-state index in [4.69, 9.17) is 16.3 Å². The molecule has 0 aromatic carbocycles. The van der Waals surface area contributed by atoms with Gasteiger partial charge in [-0.3, -0.25) is 0 Å². The van der Waals surface area contributed by atoms with Gasteiger partial charge in [0.05, 0.1) is 5.02 Å². The van der Waals surface area contributed by atoms with Crippen molar-refractivity contribution in [2.75, 3.05) is 11.4 Å². The minimum absolute atomic E-state index is 0.179. The van der Waals surface area contributed by atoms with Gasteiger partial charge in [-0.25, -0.2) is 9.78 Å². The fourth-order valence-electron chi connectivity index (χ4n) is 2.19. The highest BCUT2D eigenvalue weighted by atomic mass is 35.5. The molecule has 2 heterocycles. The molecule has 1 aromatic rings. The molecule has 0 saturated carbocycles. The number of esters is 1. The van der Waals surface area contributed by atoms with Gasteiger partial charge in [-0.05, 0) is 45.7 Å². The Hall–Kier alpha value is -1.29. The molecule has 5 heteroatoms. The second-order valence-electron chi connectivity index (χ2n) is 5.72. The van der Waals surface area contributed by atoms with Crippen LogP contribution in [0.4, 0.5) is 5.82 Å². The van der Waals surface area contributed by atoms with E-state index in [1.54, 1.807) is 12.3 Å². The third-order valence-corrected chi connectivity index (χ3v) is 3.16. The van der Waals surface area contributed by atoms with Crippen LogP contribution in [0.3, 0.4) is 0 Å². The van der Waals surface area contributed by atoms with Crippen molar-refractivity contribution in [3.05, 3.63) is 23.4 Å². The Balaban J connectivity index is 2.12. The summed E-state index contributed by atoms with van der Waals surface area (Å²) in [5, 5.41) is 0.594. The van der Waals surface area contributed by atoms with E-state index in [0.29, 0.717) is 5.02 Å². The predicted octanol–water partition coefficient (Wildman–Crippen LogP) is 3.05. The van der Waals surface area contributed by atoms with Gasteiger partial charge in [0.2, 0.25) is 0 Å². The molecule has 19 heavy (non-hydrogen) atoms. The minimum atomic E-state index is -0.460. The maximum absolute atomic E-state index is 12.2. The second-order valence-corrected chi connectivity index (χ2v) is 6.16. The van der Waals surface area contributed by atoms with Gasteiger partial charge < -0.3 is 9.64 Å². The molecule has 2 rings (SSSR count). The fraction of sp³-hybridized carbons (Fsp3) is 0.571. The summed E-state index contributed by atoms with van der Waals surface area (Å²) < 4.78 is 5.46. The average molecular weight is 283 g/mol. The highest BCUT2D eigenvalue weighted by Gasteiger charge is 2.34. The highest BCUT2D eigenvalue weighted by Crippen LogP contribution is 2.26. The zero-order valence-electron chi connectivity index (χ0n) is 11.5. The van der Waals surface area contributed by atoms with Crippen LogP contribution in [0.2, 0.25) is 5.02 Å². The largest absolute Gasteiger partial charge is 0.458 e. The van der Waals surface area contributed by atoms with E-state index in [1.807, 2.05) is 31.7 Å². The van der Waals surface area contributed by atoms with E-state index in [9.17, 15) is 4.79 Å². The van der Waals surface area contributed by atoms with E-state index >= 15 is 0 Å². The number of rotatable bonds is 2. The second kappa shape index (κ2) is 5.37. The van der Waals surface area contributed by atoms with Crippen LogP contribution in [0.1, 0.15) is 33.6 Å². The smallest absolute Gasteiger partial charge is 0.329 e. The molecule has 0 aliphatic carbocycles. The zero-order chi connectivity index (χ0) is 14.0. The molecule has 1 fully saturated rings. The molecule has 4 nitrogen and oxygen atoms in total. The van der Waals surface area contributed by atoms with Gasteiger partial charge in [-0.1, -0.05) is 11.6 Å². The predicted molar refractivity (Wildman–Crippen MR) is 75.5 cm³/mol. The third-order valence-electron chi connectivity index (χ3n) is 2.94. The first-order valence-electron chi connectivity index (χ1n) is 6.48. The minimum Gasteiger partial charge on any atom is -0.458 e. The van der Waals surface area contributed by atoms with Gasteiger partial charge >= 0.3 is 5.97 Å². The lowest BCUT2D eigenvalue weighted by atomic mass is 10.1. The first kappa shape index (κ1) is 14.1. The number of aromatic nitrogens is 1. The van der Waals surface area contributed by atoms with Crippen molar-refractivity contribution < 1.29 is 9.53 Å². The van der Waals surface area contributed by atoms with E-state index in [1.165, 1.54) is 0 Å². The van der Waals surface area contributed by atoms with Gasteiger partial charge in [-0.2, -0.15) is 0 Å². The number of halogens is 1. The molecular formula is C14H19ClN2O2. The molecule has 1 aliphatic heterocycles. The van der Waals surface area contributed by atoms with E-state index < -0.39 is 5.60 Å². The average Bonchev–Trinajstić information content (AvgIpc) is 2.76. The molecular weight excluding hydrogens is 264 g/mol. The normalized spacial score (nSPS) is 19.6. The Morgan fingerprint density at radius 3 is 2.79 bits per heavy atom. The highest BCUT2D eigenvalue weighted by molar-refractivity contribution is 6.30. The van der Waals surface area contributed by atoms with Gasteiger partial charge in [0.1, 0.15) is 17.5 Å². The maximum Gasteiger partial charge on any atom is 0.329 e. The molecule has 0 radical (unpaired) electrons. The molecule has 1 saturated heterocycles. The summed E-state index contributed by atoms with van der Waals surface area (Å²) in [6.45, 7) is 6.46. The topological polar surface area (TPSA) is 42.4 Å². The van der Waals surface area contributed by atoms with Crippen molar-refractivity contribution in [1.29, 1.82) is 0 Å². The maximum atomic E-state index is 12.2. The number of carbonyl (C=O) groups excluding carboxylic acids is 1. The first-order valence-corrected chi connectivity index (χ1v) is 6.86. The van der Waals surface area contributed by atoms with Gasteiger partial charge in [0.15, 0.2) is 0 Å². The molecule has 0 unspecified atom stereocenters. The number of hydrogen-bond acceptors (Lipinski definition) is 4. The van der Waals surface area contributed by atoms with Crippen molar-refractivity contribution in [3.8, 4) is 0 Å². The number of pyridine rings is 1. The van der Waals surface area contributed by atoms with Crippen LogP contribution in [0.25, 0.3) is 0 Å². The molecule has 0 amide bonds. The first-order chi connectivity index (χ1) is 8.87. The number of hydrogen-bond donors (Lipinski definition) is 0. The van der Waals surface area contributed by atoms with Gasteiger partial charge in [0.25, 0.3) is 0 Å². The van der Waals surface area contributed by atoms with Crippen LogP contribution in [0.5, 0.6) is 0 Å². The lowest BCUT2D eigenvalue weighted by molar-refractivity contribution is -0.156. The Labute approximate surface area is 118 Å². The molecule has 1 atom stereocenters. The molecule has 0 spiro atoms. The molecule has 0 bridgehead atoms. The zero-order valence-corrected chi connectivity index (χ0v) is 12.3. The lowest BCUT2D eigenvalue weighted by Gasteiger charge is -2.28. The summed E-state index contributed by atoms with van der Waals surface area (Å²) >= 11 is 5.83. The molecule has 0 N–H and O–H groups in total. The Kier molecular flexibility index (Phi) is 3.99. The van der Waals surface area contributed by atoms with E-state index in [-0.39, 0.29) is 12.0 Å². The van der Waals surface area contributed by atoms with Crippen LogP contribution in [-0.2, 0) is 9.53 Å².